The van der Waals surface area contributed by atoms with E-state index < -0.39 is 0 Å². The van der Waals surface area contributed by atoms with Gasteiger partial charge < -0.3 is 0 Å². The number of fused-ring (bicyclic) bond motifs is 1. The average Bonchev–Trinajstić information content (AvgIpc) is 2.17. The van der Waals surface area contributed by atoms with Crippen molar-refractivity contribution in [2.45, 2.75) is 26.2 Å². The molecule has 1 aliphatic carbocycles. The van der Waals surface area contributed by atoms with Gasteiger partial charge in [0.05, 0.1) is 4.47 Å². The summed E-state index contributed by atoms with van der Waals surface area (Å²) in [7, 11) is 0. The van der Waals surface area contributed by atoms with E-state index >= 15 is 0 Å². The van der Waals surface area contributed by atoms with Crippen LogP contribution in [0.2, 0.25) is 0 Å². The summed E-state index contributed by atoms with van der Waals surface area (Å²) in [6.07, 6.45) is 2.25. The monoisotopic (exact) mass is 256 g/mol. The second-order valence-corrected chi connectivity index (χ2v) is 4.45. The maximum absolute atomic E-state index is 13.5. The third kappa shape index (κ3) is 1.40. The molecule has 1 nitrogen and oxygen atoms in total. The predicted molar refractivity (Wildman–Crippen MR) is 56.1 cm³/mol. The molecule has 0 amide bonds. The van der Waals surface area contributed by atoms with Crippen LogP contribution in [0.5, 0.6) is 0 Å². The molecule has 74 valence electrons. The molecule has 0 N–H and O–H groups in total. The van der Waals surface area contributed by atoms with Crippen molar-refractivity contribution in [1.29, 1.82) is 0 Å². The van der Waals surface area contributed by atoms with Crippen molar-refractivity contribution in [3.8, 4) is 0 Å². The Morgan fingerprint density at radius 1 is 1.43 bits per heavy atom. The molecule has 0 saturated carbocycles. The van der Waals surface area contributed by atoms with Crippen molar-refractivity contribution >= 4 is 21.7 Å². The lowest BCUT2D eigenvalue weighted by atomic mass is 9.87. The van der Waals surface area contributed by atoms with Gasteiger partial charge in [0.2, 0.25) is 0 Å². The van der Waals surface area contributed by atoms with Crippen LogP contribution >= 0.6 is 15.9 Å². The molecule has 0 saturated heterocycles. The van der Waals surface area contributed by atoms with Crippen molar-refractivity contribution in [3.05, 3.63) is 33.0 Å². The van der Waals surface area contributed by atoms with Gasteiger partial charge in [0.15, 0.2) is 5.78 Å². The number of carbonyl (C=O) groups excluding carboxylic acids is 1. The molecule has 0 aromatic heterocycles. The van der Waals surface area contributed by atoms with E-state index in [1.807, 2.05) is 0 Å². The van der Waals surface area contributed by atoms with Gasteiger partial charge in [-0.1, -0.05) is 0 Å². The molecule has 14 heavy (non-hydrogen) atoms. The normalized spacial score (nSPS) is 15.5. The predicted octanol–water partition coefficient (Wildman–Crippen LogP) is 3.42. The van der Waals surface area contributed by atoms with Gasteiger partial charge in [0.25, 0.3) is 0 Å². The summed E-state index contributed by atoms with van der Waals surface area (Å²) >= 11 is 3.13. The van der Waals surface area contributed by atoms with E-state index in [9.17, 15) is 9.18 Å². The first-order valence-electron chi connectivity index (χ1n) is 4.62. The quantitative estimate of drug-likeness (QED) is 0.696. The minimum atomic E-state index is -0.238. The highest BCUT2D eigenvalue weighted by atomic mass is 79.9. The average molecular weight is 257 g/mol. The first-order chi connectivity index (χ1) is 6.61. The third-order valence-electron chi connectivity index (χ3n) is 2.72. The highest BCUT2D eigenvalue weighted by Crippen LogP contribution is 2.30. The summed E-state index contributed by atoms with van der Waals surface area (Å²) in [6, 6.07) is 1.61. The van der Waals surface area contributed by atoms with E-state index in [1.54, 1.807) is 13.0 Å². The minimum Gasteiger partial charge on any atom is -0.294 e. The standard InChI is InChI=1S/C11H10BrFO/c1-6-7-3-2-4-10(14)8(7)5-9(12)11(6)13/h5H,2-4H2,1H3. The maximum atomic E-state index is 13.5. The Labute approximate surface area is 90.4 Å². The Hall–Kier alpha value is -0.700. The fourth-order valence-electron chi connectivity index (χ4n) is 1.92. The molecule has 1 aliphatic rings. The van der Waals surface area contributed by atoms with Crippen LogP contribution in [0.15, 0.2) is 10.5 Å². The largest absolute Gasteiger partial charge is 0.294 e. The molecule has 0 atom stereocenters. The lowest BCUT2D eigenvalue weighted by molar-refractivity contribution is 0.0972. The molecule has 1 aromatic rings. The fourth-order valence-corrected chi connectivity index (χ4v) is 2.45. The molecule has 0 fully saturated rings. The number of carbonyl (C=O) groups is 1. The maximum Gasteiger partial charge on any atom is 0.163 e. The highest BCUT2D eigenvalue weighted by Gasteiger charge is 2.21. The van der Waals surface area contributed by atoms with Gasteiger partial charge in [0, 0.05) is 12.0 Å². The first-order valence-corrected chi connectivity index (χ1v) is 5.41. The molecule has 0 radical (unpaired) electrons. The second kappa shape index (κ2) is 3.46. The smallest absolute Gasteiger partial charge is 0.163 e. The minimum absolute atomic E-state index is 0.134. The topological polar surface area (TPSA) is 17.1 Å². The van der Waals surface area contributed by atoms with E-state index in [0.717, 1.165) is 18.4 Å². The van der Waals surface area contributed by atoms with Crippen molar-refractivity contribution in [1.82, 2.24) is 0 Å². The van der Waals surface area contributed by atoms with Crippen LogP contribution in [0.1, 0.15) is 34.3 Å². The SMILES string of the molecule is Cc1c(F)c(Br)cc2c1CCCC2=O. The number of ketones is 1. The van der Waals surface area contributed by atoms with Crippen LogP contribution in [0.3, 0.4) is 0 Å². The summed E-state index contributed by atoms with van der Waals surface area (Å²) < 4.78 is 13.9. The Bertz CT molecular complexity index is 412. The van der Waals surface area contributed by atoms with Crippen molar-refractivity contribution in [2.24, 2.45) is 0 Å². The molecular formula is C11H10BrFO. The Kier molecular flexibility index (Phi) is 2.43. The van der Waals surface area contributed by atoms with Gasteiger partial charge in [-0.15, -0.1) is 0 Å². The van der Waals surface area contributed by atoms with Gasteiger partial charge in [-0.25, -0.2) is 4.39 Å². The summed E-state index contributed by atoms with van der Waals surface area (Å²) in [4.78, 5) is 11.6. The zero-order valence-electron chi connectivity index (χ0n) is 7.86. The molecule has 0 aliphatic heterocycles. The van der Waals surface area contributed by atoms with Crippen molar-refractivity contribution in [2.75, 3.05) is 0 Å². The summed E-state index contributed by atoms with van der Waals surface area (Å²) in [5.41, 5.74) is 2.20. The van der Waals surface area contributed by atoms with Gasteiger partial charge in [-0.2, -0.15) is 0 Å². The lowest BCUT2D eigenvalue weighted by Gasteiger charge is -2.18. The Morgan fingerprint density at radius 2 is 2.14 bits per heavy atom. The number of Topliss-reactive ketones (excluding diaryl/α,β-unsaturated/α-hetero) is 1. The molecule has 0 unspecified atom stereocenters. The van der Waals surface area contributed by atoms with Gasteiger partial charge >= 0.3 is 0 Å². The number of halogens is 2. The first kappa shape index (κ1) is 9.84. The van der Waals surface area contributed by atoms with Crippen LogP contribution in [0, 0.1) is 12.7 Å². The highest BCUT2D eigenvalue weighted by molar-refractivity contribution is 9.10. The van der Waals surface area contributed by atoms with Gasteiger partial charge in [0.1, 0.15) is 5.82 Å². The zero-order chi connectivity index (χ0) is 10.3. The van der Waals surface area contributed by atoms with Crippen LogP contribution in [0.25, 0.3) is 0 Å². The zero-order valence-corrected chi connectivity index (χ0v) is 9.45. The third-order valence-corrected chi connectivity index (χ3v) is 3.30. The summed E-state index contributed by atoms with van der Waals surface area (Å²) in [5, 5.41) is 0. The summed E-state index contributed by atoms with van der Waals surface area (Å²) in [6.45, 7) is 1.73. The number of hydrogen-bond donors (Lipinski definition) is 0. The van der Waals surface area contributed by atoms with E-state index in [0.29, 0.717) is 22.0 Å². The lowest BCUT2D eigenvalue weighted by Crippen LogP contribution is -2.13. The van der Waals surface area contributed by atoms with E-state index in [-0.39, 0.29) is 11.6 Å². The van der Waals surface area contributed by atoms with Crippen LogP contribution in [0.4, 0.5) is 4.39 Å². The molecule has 0 heterocycles. The Morgan fingerprint density at radius 3 is 2.86 bits per heavy atom. The van der Waals surface area contributed by atoms with E-state index in [1.165, 1.54) is 0 Å². The molecule has 2 rings (SSSR count). The molecule has 1 aromatic carbocycles. The van der Waals surface area contributed by atoms with Crippen LogP contribution in [-0.2, 0) is 6.42 Å². The van der Waals surface area contributed by atoms with E-state index in [4.69, 9.17) is 0 Å². The molecular weight excluding hydrogens is 247 g/mol. The molecule has 0 spiro atoms. The van der Waals surface area contributed by atoms with Crippen LogP contribution < -0.4 is 0 Å². The van der Waals surface area contributed by atoms with Crippen molar-refractivity contribution < 1.29 is 9.18 Å². The number of benzene rings is 1. The van der Waals surface area contributed by atoms with Gasteiger partial charge in [-0.3, -0.25) is 4.79 Å². The van der Waals surface area contributed by atoms with Gasteiger partial charge in [-0.05, 0) is 52.9 Å². The Balaban J connectivity index is 2.69. The molecule has 3 heteroatoms. The van der Waals surface area contributed by atoms with Crippen molar-refractivity contribution in [3.63, 3.8) is 0 Å². The number of rotatable bonds is 0. The second-order valence-electron chi connectivity index (χ2n) is 3.60. The summed E-state index contributed by atoms with van der Waals surface area (Å²) in [5.74, 6) is -0.103. The van der Waals surface area contributed by atoms with Crippen LogP contribution in [-0.4, -0.2) is 5.78 Å². The fraction of sp³-hybridized carbons (Fsp3) is 0.364. The number of hydrogen-bond acceptors (Lipinski definition) is 1. The van der Waals surface area contributed by atoms with E-state index in [2.05, 4.69) is 15.9 Å². The molecule has 0 bridgehead atoms.